The van der Waals surface area contributed by atoms with Crippen LogP contribution in [0.15, 0.2) is 0 Å². The van der Waals surface area contributed by atoms with Crippen LogP contribution in [0.4, 0.5) is 0 Å². The molecule has 0 amide bonds. The monoisotopic (exact) mass is 230 g/mol. The maximum atomic E-state index is 5.37. The van der Waals surface area contributed by atoms with Crippen molar-refractivity contribution in [1.82, 2.24) is 0 Å². The highest BCUT2D eigenvalue weighted by atomic mass is 28.1. The molecule has 0 radical (unpaired) electrons. The molecule has 0 spiro atoms. The SMILES string of the molecule is CCCCCCCCCCCCOC[SiH3]. The summed E-state index contributed by atoms with van der Waals surface area (Å²) >= 11 is 0. The Bertz CT molecular complexity index is 94.7. The molecule has 0 aromatic heterocycles. The minimum Gasteiger partial charge on any atom is -0.386 e. The molecule has 0 unspecified atom stereocenters. The molecule has 0 N–H and O–H groups in total. The summed E-state index contributed by atoms with van der Waals surface area (Å²) in [6.45, 7) is 3.28. The second-order valence-electron chi connectivity index (χ2n) is 4.38. The van der Waals surface area contributed by atoms with E-state index in [4.69, 9.17) is 4.74 Å². The van der Waals surface area contributed by atoms with Gasteiger partial charge in [0.25, 0.3) is 0 Å². The maximum Gasteiger partial charge on any atom is 0.0461 e. The Balaban J connectivity index is 2.81. The van der Waals surface area contributed by atoms with Gasteiger partial charge in [-0.25, -0.2) is 0 Å². The Morgan fingerprint density at radius 3 is 1.67 bits per heavy atom. The molecule has 0 aromatic rings. The Morgan fingerprint density at radius 1 is 0.733 bits per heavy atom. The van der Waals surface area contributed by atoms with E-state index in [-0.39, 0.29) is 0 Å². The molecule has 2 heteroatoms. The third-order valence-corrected chi connectivity index (χ3v) is 3.25. The zero-order valence-corrected chi connectivity index (χ0v) is 12.9. The number of unbranched alkanes of at least 4 members (excludes halogenated alkanes) is 9. The molecule has 15 heavy (non-hydrogen) atoms. The summed E-state index contributed by atoms with van der Waals surface area (Å²) in [4.78, 5) is 0. The molecular weight excluding hydrogens is 200 g/mol. The minimum absolute atomic E-state index is 1.00. The van der Waals surface area contributed by atoms with E-state index < -0.39 is 0 Å². The first-order chi connectivity index (χ1) is 7.41. The van der Waals surface area contributed by atoms with E-state index in [9.17, 15) is 0 Å². The van der Waals surface area contributed by atoms with E-state index >= 15 is 0 Å². The predicted octanol–water partition coefficient (Wildman–Crippen LogP) is 3.25. The van der Waals surface area contributed by atoms with E-state index in [0.29, 0.717) is 0 Å². The van der Waals surface area contributed by atoms with E-state index in [2.05, 4.69) is 6.92 Å². The van der Waals surface area contributed by atoms with Gasteiger partial charge in [0, 0.05) is 23.1 Å². The average molecular weight is 230 g/mol. The molecule has 0 fully saturated rings. The van der Waals surface area contributed by atoms with Crippen LogP contribution in [0.5, 0.6) is 0 Å². The molecule has 0 aliphatic heterocycles. The van der Waals surface area contributed by atoms with Crippen molar-refractivity contribution < 1.29 is 4.74 Å². The lowest BCUT2D eigenvalue weighted by Crippen LogP contribution is -1.95. The van der Waals surface area contributed by atoms with Crippen molar-refractivity contribution in [1.29, 1.82) is 0 Å². The Labute approximate surface area is 99.4 Å². The summed E-state index contributed by atoms with van der Waals surface area (Å²) in [5, 5.41) is 0. The minimum atomic E-state index is 1.00. The molecular formula is C13H30OSi. The molecule has 0 heterocycles. The summed E-state index contributed by atoms with van der Waals surface area (Å²) in [6.07, 6.45) is 15.1. The highest BCUT2D eigenvalue weighted by Gasteiger charge is 1.92. The van der Waals surface area contributed by atoms with Crippen molar-refractivity contribution in [3.63, 3.8) is 0 Å². The Hall–Kier alpha value is 0.177. The lowest BCUT2D eigenvalue weighted by atomic mass is 10.1. The third-order valence-electron chi connectivity index (χ3n) is 2.85. The summed E-state index contributed by atoms with van der Waals surface area (Å²) in [6, 6.07) is 0. The third kappa shape index (κ3) is 14.2. The van der Waals surface area contributed by atoms with Gasteiger partial charge < -0.3 is 4.74 Å². The molecule has 0 atom stereocenters. The Morgan fingerprint density at radius 2 is 1.20 bits per heavy atom. The van der Waals surface area contributed by atoms with Gasteiger partial charge in [-0.15, -0.1) is 0 Å². The fraction of sp³-hybridized carbons (Fsp3) is 1.00. The topological polar surface area (TPSA) is 9.23 Å². The van der Waals surface area contributed by atoms with Crippen molar-refractivity contribution in [2.75, 3.05) is 12.8 Å². The lowest BCUT2D eigenvalue weighted by Gasteiger charge is -2.02. The summed E-state index contributed by atoms with van der Waals surface area (Å²) < 4.78 is 5.37. The van der Waals surface area contributed by atoms with E-state index in [0.717, 1.165) is 12.8 Å². The van der Waals surface area contributed by atoms with Crippen molar-refractivity contribution in [3.8, 4) is 0 Å². The number of rotatable bonds is 12. The van der Waals surface area contributed by atoms with Crippen LogP contribution in [0.1, 0.15) is 71.1 Å². The maximum absolute atomic E-state index is 5.37. The smallest absolute Gasteiger partial charge is 0.0461 e. The molecule has 0 aromatic carbocycles. The standard InChI is InChI=1S/C13H30OSi/c1-2-3-4-5-6-7-8-9-10-11-12-14-13-15/h2-13H2,1,15H3. The summed E-state index contributed by atoms with van der Waals surface area (Å²) in [5.74, 6) is 0. The van der Waals surface area contributed by atoms with Crippen LogP contribution < -0.4 is 0 Å². The van der Waals surface area contributed by atoms with E-state index in [1.165, 1.54) is 74.5 Å². The van der Waals surface area contributed by atoms with Gasteiger partial charge in [0.15, 0.2) is 0 Å². The van der Waals surface area contributed by atoms with Crippen LogP contribution in [-0.4, -0.2) is 23.1 Å². The molecule has 0 saturated heterocycles. The van der Waals surface area contributed by atoms with Crippen molar-refractivity contribution in [2.24, 2.45) is 0 Å². The molecule has 0 bridgehead atoms. The van der Waals surface area contributed by atoms with Crippen molar-refractivity contribution in [2.45, 2.75) is 71.1 Å². The fourth-order valence-electron chi connectivity index (χ4n) is 1.84. The zero-order valence-electron chi connectivity index (χ0n) is 10.9. The highest BCUT2D eigenvalue weighted by molar-refractivity contribution is 6.08. The number of hydrogen-bond acceptors (Lipinski definition) is 1. The lowest BCUT2D eigenvalue weighted by molar-refractivity contribution is 0.173. The van der Waals surface area contributed by atoms with Gasteiger partial charge in [0.05, 0.1) is 0 Å². The van der Waals surface area contributed by atoms with Crippen LogP contribution >= 0.6 is 0 Å². The second-order valence-corrected chi connectivity index (χ2v) is 4.96. The zero-order chi connectivity index (χ0) is 11.2. The first-order valence-corrected chi connectivity index (χ1v) is 8.41. The number of ether oxygens (including phenoxy) is 1. The second kappa shape index (κ2) is 14.2. The van der Waals surface area contributed by atoms with Crippen molar-refractivity contribution >= 4 is 10.2 Å². The van der Waals surface area contributed by atoms with Gasteiger partial charge in [0.2, 0.25) is 0 Å². The normalized spacial score (nSPS) is 11.0. The number of hydrogen-bond donors (Lipinski definition) is 0. The van der Waals surface area contributed by atoms with Gasteiger partial charge in [0.1, 0.15) is 0 Å². The molecule has 92 valence electrons. The quantitative estimate of drug-likeness (QED) is 0.369. The van der Waals surface area contributed by atoms with Gasteiger partial charge in [-0.1, -0.05) is 64.7 Å². The molecule has 0 saturated carbocycles. The van der Waals surface area contributed by atoms with Gasteiger partial charge in [-0.2, -0.15) is 0 Å². The summed E-state index contributed by atoms with van der Waals surface area (Å²) in [5.41, 5.74) is 0. The first-order valence-electron chi connectivity index (χ1n) is 6.99. The highest BCUT2D eigenvalue weighted by Crippen LogP contribution is 2.10. The average Bonchev–Trinajstić information content (AvgIpc) is 2.26. The molecule has 0 aliphatic rings. The Kier molecular flexibility index (Phi) is 14.3. The van der Waals surface area contributed by atoms with E-state index in [1.54, 1.807) is 0 Å². The molecule has 1 nitrogen and oxygen atoms in total. The fourth-order valence-corrected chi connectivity index (χ4v) is 2.12. The van der Waals surface area contributed by atoms with Crippen molar-refractivity contribution in [3.05, 3.63) is 0 Å². The van der Waals surface area contributed by atoms with Crippen LogP contribution in [-0.2, 0) is 4.74 Å². The van der Waals surface area contributed by atoms with Crippen LogP contribution in [0.3, 0.4) is 0 Å². The van der Waals surface area contributed by atoms with Gasteiger partial charge in [-0.3, -0.25) is 0 Å². The first kappa shape index (κ1) is 15.2. The largest absolute Gasteiger partial charge is 0.386 e. The van der Waals surface area contributed by atoms with E-state index in [1.807, 2.05) is 0 Å². The molecule has 0 rings (SSSR count). The van der Waals surface area contributed by atoms with Crippen LogP contribution in [0, 0.1) is 0 Å². The van der Waals surface area contributed by atoms with Gasteiger partial charge >= 0.3 is 0 Å². The summed E-state index contributed by atoms with van der Waals surface area (Å²) in [7, 11) is 1.19. The van der Waals surface area contributed by atoms with Crippen LogP contribution in [0.25, 0.3) is 0 Å². The molecule has 0 aliphatic carbocycles. The van der Waals surface area contributed by atoms with Gasteiger partial charge in [-0.05, 0) is 6.42 Å². The van der Waals surface area contributed by atoms with Crippen LogP contribution in [0.2, 0.25) is 0 Å². The predicted molar refractivity (Wildman–Crippen MR) is 72.6 cm³/mol.